The van der Waals surface area contributed by atoms with Crippen LogP contribution in [0.15, 0.2) is 0 Å². The Morgan fingerprint density at radius 1 is 1.38 bits per heavy atom. The molecule has 78 valence electrons. The maximum absolute atomic E-state index is 11.6. The van der Waals surface area contributed by atoms with Crippen LogP contribution in [0.4, 0.5) is 0 Å². The molecule has 2 heteroatoms. The fraction of sp³-hybridized carbons (Fsp3) is 0.909. The van der Waals surface area contributed by atoms with Gasteiger partial charge in [0.1, 0.15) is 5.60 Å². The summed E-state index contributed by atoms with van der Waals surface area (Å²) in [6.45, 7) is 7.99. The van der Waals surface area contributed by atoms with Crippen molar-refractivity contribution >= 4 is 5.78 Å². The average Bonchev–Trinajstić information content (AvgIpc) is 2.03. The maximum Gasteiger partial charge on any atom is 0.164 e. The molecular formula is C11H22O2. The molecule has 0 atom stereocenters. The number of ether oxygens (including phenoxy) is 1. The highest BCUT2D eigenvalue weighted by molar-refractivity contribution is 5.86. The summed E-state index contributed by atoms with van der Waals surface area (Å²) in [5.74, 6) is 0.883. The molecule has 0 saturated carbocycles. The van der Waals surface area contributed by atoms with Crippen LogP contribution in [0.5, 0.6) is 0 Å². The Bertz CT molecular complexity index is 159. The standard InChI is InChI=1S/C11H22O2/c1-9(2)7-6-8-10(12)11(3,4)13-5/h9H,6-8H2,1-5H3. The van der Waals surface area contributed by atoms with E-state index in [1.165, 1.54) is 0 Å². The minimum Gasteiger partial charge on any atom is -0.371 e. The maximum atomic E-state index is 11.6. The predicted octanol–water partition coefficient (Wildman–Crippen LogP) is 2.81. The number of carbonyl (C=O) groups is 1. The van der Waals surface area contributed by atoms with E-state index in [0.717, 1.165) is 12.8 Å². The van der Waals surface area contributed by atoms with Gasteiger partial charge in [0.15, 0.2) is 5.78 Å². The molecule has 0 radical (unpaired) electrons. The van der Waals surface area contributed by atoms with Crippen LogP contribution in [-0.2, 0) is 9.53 Å². The smallest absolute Gasteiger partial charge is 0.164 e. The van der Waals surface area contributed by atoms with Crippen molar-refractivity contribution in [2.75, 3.05) is 7.11 Å². The highest BCUT2D eigenvalue weighted by Crippen LogP contribution is 2.15. The van der Waals surface area contributed by atoms with Crippen molar-refractivity contribution in [2.45, 2.75) is 52.6 Å². The van der Waals surface area contributed by atoms with E-state index < -0.39 is 5.60 Å². The third-order valence-corrected chi connectivity index (χ3v) is 2.37. The number of rotatable bonds is 6. The lowest BCUT2D eigenvalue weighted by Crippen LogP contribution is -2.33. The Balaban J connectivity index is 3.75. The van der Waals surface area contributed by atoms with Crippen LogP contribution in [0.1, 0.15) is 47.0 Å². The molecule has 13 heavy (non-hydrogen) atoms. The summed E-state index contributed by atoms with van der Waals surface area (Å²) < 4.78 is 5.11. The fourth-order valence-corrected chi connectivity index (χ4v) is 1.09. The summed E-state index contributed by atoms with van der Waals surface area (Å²) in [7, 11) is 1.58. The van der Waals surface area contributed by atoms with Gasteiger partial charge in [-0.3, -0.25) is 4.79 Å². The molecule has 0 aliphatic carbocycles. The Morgan fingerprint density at radius 3 is 2.31 bits per heavy atom. The highest BCUT2D eigenvalue weighted by atomic mass is 16.5. The number of ketones is 1. The Morgan fingerprint density at radius 2 is 1.92 bits per heavy atom. The molecule has 0 amide bonds. The number of Topliss-reactive ketones (excluding diaryl/α,β-unsaturated/α-hetero) is 1. The third kappa shape index (κ3) is 5.04. The van der Waals surface area contributed by atoms with Crippen LogP contribution in [-0.4, -0.2) is 18.5 Å². The molecule has 0 spiro atoms. The van der Waals surface area contributed by atoms with E-state index in [1.807, 2.05) is 13.8 Å². The first-order chi connectivity index (χ1) is 5.90. The van der Waals surface area contributed by atoms with Crippen LogP contribution >= 0.6 is 0 Å². The van der Waals surface area contributed by atoms with E-state index in [0.29, 0.717) is 12.3 Å². The second kappa shape index (κ2) is 5.38. The van der Waals surface area contributed by atoms with Gasteiger partial charge in [-0.2, -0.15) is 0 Å². The molecule has 0 aromatic rings. The van der Waals surface area contributed by atoms with Crippen LogP contribution in [0.25, 0.3) is 0 Å². The molecule has 0 aliphatic heterocycles. The monoisotopic (exact) mass is 186 g/mol. The molecule has 0 aromatic carbocycles. The predicted molar refractivity (Wildman–Crippen MR) is 54.8 cm³/mol. The minimum absolute atomic E-state index is 0.204. The van der Waals surface area contributed by atoms with Gasteiger partial charge in [0.2, 0.25) is 0 Å². The fourth-order valence-electron chi connectivity index (χ4n) is 1.09. The SMILES string of the molecule is COC(C)(C)C(=O)CCCC(C)C. The second-order valence-corrected chi connectivity index (χ2v) is 4.42. The summed E-state index contributed by atoms with van der Waals surface area (Å²) in [6.07, 6.45) is 2.73. The van der Waals surface area contributed by atoms with Gasteiger partial charge in [-0.15, -0.1) is 0 Å². The molecule has 0 heterocycles. The van der Waals surface area contributed by atoms with Crippen molar-refractivity contribution in [2.24, 2.45) is 5.92 Å². The first kappa shape index (κ1) is 12.6. The van der Waals surface area contributed by atoms with Crippen LogP contribution in [0.3, 0.4) is 0 Å². The number of hydrogen-bond acceptors (Lipinski definition) is 2. The highest BCUT2D eigenvalue weighted by Gasteiger charge is 2.25. The molecule has 2 nitrogen and oxygen atoms in total. The lowest BCUT2D eigenvalue weighted by atomic mass is 9.96. The molecule has 0 unspecified atom stereocenters. The zero-order valence-electron chi connectivity index (χ0n) is 9.52. The normalized spacial score (nSPS) is 12.2. The summed E-state index contributed by atoms with van der Waals surface area (Å²) >= 11 is 0. The zero-order chi connectivity index (χ0) is 10.5. The van der Waals surface area contributed by atoms with Gasteiger partial charge in [0, 0.05) is 13.5 Å². The van der Waals surface area contributed by atoms with Crippen molar-refractivity contribution in [1.82, 2.24) is 0 Å². The van der Waals surface area contributed by atoms with Crippen molar-refractivity contribution in [1.29, 1.82) is 0 Å². The molecule has 0 bridgehead atoms. The minimum atomic E-state index is -0.600. The van der Waals surface area contributed by atoms with Crippen LogP contribution in [0, 0.1) is 5.92 Å². The molecule has 0 N–H and O–H groups in total. The molecular weight excluding hydrogens is 164 g/mol. The van der Waals surface area contributed by atoms with Crippen LogP contribution in [0.2, 0.25) is 0 Å². The van der Waals surface area contributed by atoms with E-state index in [4.69, 9.17) is 4.74 Å². The van der Waals surface area contributed by atoms with Gasteiger partial charge in [-0.05, 0) is 26.2 Å². The first-order valence-corrected chi connectivity index (χ1v) is 4.98. The summed E-state index contributed by atoms with van der Waals surface area (Å²) in [4.78, 5) is 11.6. The van der Waals surface area contributed by atoms with Crippen molar-refractivity contribution < 1.29 is 9.53 Å². The second-order valence-electron chi connectivity index (χ2n) is 4.42. The number of methoxy groups -OCH3 is 1. The third-order valence-electron chi connectivity index (χ3n) is 2.37. The molecule has 0 rings (SSSR count). The van der Waals surface area contributed by atoms with E-state index in [-0.39, 0.29) is 5.78 Å². The number of hydrogen-bond donors (Lipinski definition) is 0. The van der Waals surface area contributed by atoms with Gasteiger partial charge in [0.05, 0.1) is 0 Å². The Kier molecular flexibility index (Phi) is 5.23. The summed E-state index contributed by atoms with van der Waals surface area (Å²) in [6, 6.07) is 0. The lowest BCUT2D eigenvalue weighted by Gasteiger charge is -2.21. The van der Waals surface area contributed by atoms with Crippen molar-refractivity contribution in [3.8, 4) is 0 Å². The average molecular weight is 186 g/mol. The van der Waals surface area contributed by atoms with E-state index in [9.17, 15) is 4.79 Å². The molecule has 0 aromatic heterocycles. The van der Waals surface area contributed by atoms with Gasteiger partial charge in [0.25, 0.3) is 0 Å². The topological polar surface area (TPSA) is 26.3 Å². The van der Waals surface area contributed by atoms with Gasteiger partial charge >= 0.3 is 0 Å². The molecule has 0 saturated heterocycles. The molecule has 0 fully saturated rings. The zero-order valence-corrected chi connectivity index (χ0v) is 9.52. The van der Waals surface area contributed by atoms with Crippen LogP contribution < -0.4 is 0 Å². The Labute approximate surface area is 81.7 Å². The molecule has 0 aliphatic rings. The van der Waals surface area contributed by atoms with Gasteiger partial charge < -0.3 is 4.74 Å². The van der Waals surface area contributed by atoms with Gasteiger partial charge in [-0.25, -0.2) is 0 Å². The largest absolute Gasteiger partial charge is 0.371 e. The Hall–Kier alpha value is -0.370. The van der Waals surface area contributed by atoms with Crippen molar-refractivity contribution in [3.05, 3.63) is 0 Å². The first-order valence-electron chi connectivity index (χ1n) is 4.98. The quantitative estimate of drug-likeness (QED) is 0.637. The van der Waals surface area contributed by atoms with Gasteiger partial charge in [-0.1, -0.05) is 20.3 Å². The summed E-state index contributed by atoms with van der Waals surface area (Å²) in [5, 5.41) is 0. The van der Waals surface area contributed by atoms with E-state index in [2.05, 4.69) is 13.8 Å². The number of carbonyl (C=O) groups excluding carboxylic acids is 1. The van der Waals surface area contributed by atoms with E-state index in [1.54, 1.807) is 7.11 Å². The van der Waals surface area contributed by atoms with E-state index >= 15 is 0 Å². The van der Waals surface area contributed by atoms with Crippen molar-refractivity contribution in [3.63, 3.8) is 0 Å². The summed E-state index contributed by atoms with van der Waals surface area (Å²) in [5.41, 5.74) is -0.600. The lowest BCUT2D eigenvalue weighted by molar-refractivity contribution is -0.137.